The standard InChI is InChI=1S/C17H29N3O.HI/c1-4-5-6-7-11-19-17(18)20-12-10-15-13-14(2)8-9-16(15)21-3;/h8-9,13H,4-7,10-12H2,1-3H3,(H3,18,19,20);1H. The Hall–Kier alpha value is -0.980. The first-order chi connectivity index (χ1) is 10.2. The molecule has 0 saturated heterocycles. The van der Waals surface area contributed by atoms with Crippen molar-refractivity contribution >= 4 is 29.9 Å². The molecule has 0 atom stereocenters. The van der Waals surface area contributed by atoms with Crippen LogP contribution in [0.1, 0.15) is 43.7 Å². The van der Waals surface area contributed by atoms with Gasteiger partial charge in [-0.05, 0) is 31.4 Å². The second-order valence-corrected chi connectivity index (χ2v) is 5.32. The van der Waals surface area contributed by atoms with E-state index in [1.807, 2.05) is 6.07 Å². The number of nitrogens with one attached hydrogen (secondary N) is 1. The highest BCUT2D eigenvalue weighted by Crippen LogP contribution is 2.19. The highest BCUT2D eigenvalue weighted by Gasteiger charge is 2.03. The number of hydrogen-bond acceptors (Lipinski definition) is 2. The van der Waals surface area contributed by atoms with E-state index in [-0.39, 0.29) is 24.0 Å². The fraction of sp³-hybridized carbons (Fsp3) is 0.588. The molecule has 1 aromatic rings. The molecule has 1 aromatic carbocycles. The minimum Gasteiger partial charge on any atom is -0.496 e. The maximum atomic E-state index is 5.86. The SMILES string of the molecule is CCCCCCN=C(N)NCCc1cc(C)ccc1OC.I. The van der Waals surface area contributed by atoms with E-state index in [0.717, 1.165) is 31.7 Å². The Bertz CT molecular complexity index is 450. The van der Waals surface area contributed by atoms with Gasteiger partial charge < -0.3 is 15.8 Å². The van der Waals surface area contributed by atoms with Crippen molar-refractivity contribution in [1.29, 1.82) is 0 Å². The van der Waals surface area contributed by atoms with Crippen LogP contribution in [0.5, 0.6) is 5.75 Å². The number of benzene rings is 1. The molecule has 0 radical (unpaired) electrons. The van der Waals surface area contributed by atoms with Crippen molar-refractivity contribution in [1.82, 2.24) is 5.32 Å². The Morgan fingerprint density at radius 1 is 1.27 bits per heavy atom. The molecule has 4 nitrogen and oxygen atoms in total. The number of hydrogen-bond donors (Lipinski definition) is 2. The van der Waals surface area contributed by atoms with Crippen LogP contribution in [0.4, 0.5) is 0 Å². The van der Waals surface area contributed by atoms with Gasteiger partial charge in [-0.25, -0.2) is 0 Å². The van der Waals surface area contributed by atoms with Crippen molar-refractivity contribution in [3.8, 4) is 5.75 Å². The fourth-order valence-electron chi connectivity index (χ4n) is 2.22. The van der Waals surface area contributed by atoms with Crippen LogP contribution in [0, 0.1) is 6.92 Å². The zero-order valence-electron chi connectivity index (χ0n) is 14.0. The smallest absolute Gasteiger partial charge is 0.188 e. The van der Waals surface area contributed by atoms with Gasteiger partial charge >= 0.3 is 0 Å². The molecule has 3 N–H and O–H groups in total. The molecule has 22 heavy (non-hydrogen) atoms. The summed E-state index contributed by atoms with van der Waals surface area (Å²) in [7, 11) is 1.70. The van der Waals surface area contributed by atoms with Crippen LogP contribution in [0.15, 0.2) is 23.2 Å². The van der Waals surface area contributed by atoms with Gasteiger partial charge in [0.15, 0.2) is 5.96 Å². The van der Waals surface area contributed by atoms with E-state index in [2.05, 4.69) is 36.3 Å². The lowest BCUT2D eigenvalue weighted by molar-refractivity contribution is 0.409. The third-order valence-electron chi connectivity index (χ3n) is 3.43. The van der Waals surface area contributed by atoms with Gasteiger partial charge in [-0.15, -0.1) is 24.0 Å². The van der Waals surface area contributed by atoms with Crippen molar-refractivity contribution in [2.45, 2.75) is 46.0 Å². The van der Waals surface area contributed by atoms with E-state index >= 15 is 0 Å². The highest BCUT2D eigenvalue weighted by atomic mass is 127. The second-order valence-electron chi connectivity index (χ2n) is 5.32. The summed E-state index contributed by atoms with van der Waals surface area (Å²) in [6, 6.07) is 6.22. The number of unbranched alkanes of at least 4 members (excludes halogenated alkanes) is 3. The summed E-state index contributed by atoms with van der Waals surface area (Å²) in [4.78, 5) is 4.34. The molecule has 1 rings (SSSR count). The molecule has 0 aliphatic heterocycles. The number of aliphatic imine (C=N–C) groups is 1. The average molecular weight is 419 g/mol. The maximum Gasteiger partial charge on any atom is 0.188 e. The lowest BCUT2D eigenvalue weighted by Crippen LogP contribution is -2.33. The van der Waals surface area contributed by atoms with Gasteiger partial charge in [0.05, 0.1) is 7.11 Å². The Labute approximate surface area is 151 Å². The number of methoxy groups -OCH3 is 1. The third-order valence-corrected chi connectivity index (χ3v) is 3.43. The fourth-order valence-corrected chi connectivity index (χ4v) is 2.22. The largest absolute Gasteiger partial charge is 0.496 e. The van der Waals surface area contributed by atoms with Crippen LogP contribution < -0.4 is 15.8 Å². The second kappa shape index (κ2) is 12.6. The Morgan fingerprint density at radius 2 is 2.05 bits per heavy atom. The summed E-state index contributed by atoms with van der Waals surface area (Å²) in [5, 5.41) is 3.16. The molecule has 0 bridgehead atoms. The summed E-state index contributed by atoms with van der Waals surface area (Å²) in [5.74, 6) is 1.47. The zero-order valence-corrected chi connectivity index (χ0v) is 16.4. The molecule has 5 heteroatoms. The number of halogens is 1. The van der Waals surface area contributed by atoms with Crippen molar-refractivity contribution in [2.24, 2.45) is 10.7 Å². The predicted octanol–water partition coefficient (Wildman–Crippen LogP) is 3.65. The third kappa shape index (κ3) is 8.46. The lowest BCUT2D eigenvalue weighted by Gasteiger charge is -2.10. The number of aryl methyl sites for hydroxylation is 1. The minimum absolute atomic E-state index is 0. The van der Waals surface area contributed by atoms with Crippen LogP contribution in [0.3, 0.4) is 0 Å². The monoisotopic (exact) mass is 419 g/mol. The van der Waals surface area contributed by atoms with E-state index in [1.54, 1.807) is 7.11 Å². The molecule has 0 aliphatic carbocycles. The highest BCUT2D eigenvalue weighted by molar-refractivity contribution is 14.0. The summed E-state index contributed by atoms with van der Waals surface area (Å²) in [6.07, 6.45) is 5.73. The van der Waals surface area contributed by atoms with Crippen LogP contribution in [-0.2, 0) is 6.42 Å². The predicted molar refractivity (Wildman–Crippen MR) is 105 cm³/mol. The van der Waals surface area contributed by atoms with Crippen molar-refractivity contribution in [2.75, 3.05) is 20.2 Å². The van der Waals surface area contributed by atoms with Crippen molar-refractivity contribution in [3.63, 3.8) is 0 Å². The molecule has 0 saturated carbocycles. The summed E-state index contributed by atoms with van der Waals surface area (Å²) in [5.41, 5.74) is 8.30. The van der Waals surface area contributed by atoms with Gasteiger partial charge in [-0.3, -0.25) is 4.99 Å². The maximum absolute atomic E-state index is 5.86. The summed E-state index contributed by atoms with van der Waals surface area (Å²) >= 11 is 0. The molecule has 0 aromatic heterocycles. The Morgan fingerprint density at radius 3 is 2.73 bits per heavy atom. The molecule has 0 fully saturated rings. The van der Waals surface area contributed by atoms with E-state index < -0.39 is 0 Å². The van der Waals surface area contributed by atoms with E-state index in [4.69, 9.17) is 10.5 Å². The first kappa shape index (κ1) is 21.0. The topological polar surface area (TPSA) is 59.6 Å². The van der Waals surface area contributed by atoms with Gasteiger partial charge in [0.2, 0.25) is 0 Å². The first-order valence-electron chi connectivity index (χ1n) is 7.84. The number of rotatable bonds is 9. The Balaban J connectivity index is 0.00000441. The molecule has 0 heterocycles. The van der Waals surface area contributed by atoms with Crippen molar-refractivity contribution < 1.29 is 4.74 Å². The molecule has 126 valence electrons. The minimum atomic E-state index is 0. The zero-order chi connectivity index (χ0) is 15.5. The summed E-state index contributed by atoms with van der Waals surface area (Å²) in [6.45, 7) is 5.87. The van der Waals surface area contributed by atoms with E-state index in [0.29, 0.717) is 5.96 Å². The quantitative estimate of drug-likeness (QED) is 0.278. The van der Waals surface area contributed by atoms with Gasteiger partial charge in [-0.2, -0.15) is 0 Å². The van der Waals surface area contributed by atoms with E-state index in [9.17, 15) is 0 Å². The molecular formula is C17H30IN3O. The van der Waals surface area contributed by atoms with Gasteiger partial charge in [-0.1, -0.05) is 43.9 Å². The first-order valence-corrected chi connectivity index (χ1v) is 7.84. The molecule has 0 amide bonds. The Kier molecular flexibility index (Phi) is 12.0. The van der Waals surface area contributed by atoms with Crippen molar-refractivity contribution in [3.05, 3.63) is 29.3 Å². The number of guanidine groups is 1. The number of ether oxygens (including phenoxy) is 1. The number of nitrogens with two attached hydrogens (primary N) is 1. The average Bonchev–Trinajstić information content (AvgIpc) is 2.47. The molecular weight excluding hydrogens is 389 g/mol. The van der Waals surface area contributed by atoms with Gasteiger partial charge in [0.25, 0.3) is 0 Å². The normalized spacial score (nSPS) is 11.0. The van der Waals surface area contributed by atoms with Gasteiger partial charge in [0.1, 0.15) is 5.75 Å². The molecule has 0 spiro atoms. The van der Waals surface area contributed by atoms with Gasteiger partial charge in [0, 0.05) is 13.1 Å². The van der Waals surface area contributed by atoms with Crippen LogP contribution in [-0.4, -0.2) is 26.2 Å². The van der Waals surface area contributed by atoms with E-state index in [1.165, 1.54) is 30.4 Å². The van der Waals surface area contributed by atoms with Crippen LogP contribution in [0.2, 0.25) is 0 Å². The molecule has 0 aliphatic rings. The summed E-state index contributed by atoms with van der Waals surface area (Å²) < 4.78 is 5.37. The molecule has 0 unspecified atom stereocenters. The van der Waals surface area contributed by atoms with Crippen LogP contribution >= 0.6 is 24.0 Å². The number of nitrogens with zero attached hydrogens (tertiary/aromatic N) is 1. The van der Waals surface area contributed by atoms with Crippen LogP contribution in [0.25, 0.3) is 0 Å². The lowest BCUT2D eigenvalue weighted by atomic mass is 10.1.